The van der Waals surface area contributed by atoms with Crippen molar-refractivity contribution < 1.29 is 14.3 Å². The highest BCUT2D eigenvalue weighted by molar-refractivity contribution is 14.0. The van der Waals surface area contributed by atoms with Crippen LogP contribution >= 0.6 is 24.0 Å². The number of aliphatic imine (C=N–C) groups is 1. The largest absolute Gasteiger partial charge is 0.497 e. The summed E-state index contributed by atoms with van der Waals surface area (Å²) in [5.74, 6) is 2.16. The summed E-state index contributed by atoms with van der Waals surface area (Å²) in [5.41, 5.74) is 1.30. The van der Waals surface area contributed by atoms with Crippen molar-refractivity contribution >= 4 is 36.0 Å². The molecular formula is C21H35IN4O3. The lowest BCUT2D eigenvalue weighted by Gasteiger charge is -2.32. The zero-order valence-electron chi connectivity index (χ0n) is 17.9. The number of hydrogen-bond acceptors (Lipinski definition) is 4. The fraction of sp³-hybridized carbons (Fsp3) is 0.619. The highest BCUT2D eigenvalue weighted by atomic mass is 127. The highest BCUT2D eigenvalue weighted by Crippen LogP contribution is 2.21. The zero-order valence-corrected chi connectivity index (χ0v) is 20.3. The molecule has 1 aromatic carbocycles. The standard InChI is InChI=1S/C21H34N4O3.HI/c1-5-22-20(24-18-11-14-25(15-12-18)21(26)28-4)23-13-10-16(2)17-6-8-19(27-3)9-7-17;/h6-9,16,18H,5,10-15H2,1-4H3,(H2,22,23,24);1H. The molecule has 0 bridgehead atoms. The molecule has 1 atom stereocenters. The predicted octanol–water partition coefficient (Wildman–Crippen LogP) is 3.59. The van der Waals surface area contributed by atoms with Crippen LogP contribution in [0.4, 0.5) is 4.79 Å². The van der Waals surface area contributed by atoms with Crippen molar-refractivity contribution in [2.45, 2.75) is 45.1 Å². The minimum Gasteiger partial charge on any atom is -0.497 e. The molecule has 1 aliphatic heterocycles. The van der Waals surface area contributed by atoms with Crippen LogP contribution in [0.25, 0.3) is 0 Å². The van der Waals surface area contributed by atoms with Crippen LogP contribution < -0.4 is 15.4 Å². The molecule has 0 aliphatic carbocycles. The number of hydrogen-bond donors (Lipinski definition) is 2. The van der Waals surface area contributed by atoms with Gasteiger partial charge in [-0.1, -0.05) is 19.1 Å². The van der Waals surface area contributed by atoms with Gasteiger partial charge in [0.25, 0.3) is 0 Å². The summed E-state index contributed by atoms with van der Waals surface area (Å²) in [4.78, 5) is 18.1. The molecule has 0 saturated carbocycles. The van der Waals surface area contributed by atoms with Gasteiger partial charge in [-0.3, -0.25) is 4.99 Å². The SMILES string of the molecule is CCNC(=NCCC(C)c1ccc(OC)cc1)NC1CCN(C(=O)OC)CC1.I. The maximum absolute atomic E-state index is 11.6. The van der Waals surface area contributed by atoms with Crippen molar-refractivity contribution in [2.24, 2.45) is 4.99 Å². The lowest BCUT2D eigenvalue weighted by atomic mass is 9.98. The third kappa shape index (κ3) is 8.28. The molecule has 1 fully saturated rings. The number of piperidine rings is 1. The van der Waals surface area contributed by atoms with E-state index in [1.807, 2.05) is 12.1 Å². The number of amides is 1. The van der Waals surface area contributed by atoms with Crippen LogP contribution in [0.2, 0.25) is 0 Å². The fourth-order valence-electron chi connectivity index (χ4n) is 3.32. The maximum atomic E-state index is 11.6. The second-order valence-corrected chi connectivity index (χ2v) is 7.10. The van der Waals surface area contributed by atoms with Crippen molar-refractivity contribution in [1.82, 2.24) is 15.5 Å². The predicted molar refractivity (Wildman–Crippen MR) is 128 cm³/mol. The van der Waals surface area contributed by atoms with E-state index in [0.717, 1.165) is 44.1 Å². The third-order valence-corrected chi connectivity index (χ3v) is 5.13. The summed E-state index contributed by atoms with van der Waals surface area (Å²) < 4.78 is 10.0. The van der Waals surface area contributed by atoms with E-state index < -0.39 is 0 Å². The molecule has 2 N–H and O–H groups in total. The summed E-state index contributed by atoms with van der Waals surface area (Å²) in [6, 6.07) is 8.55. The van der Waals surface area contributed by atoms with Gasteiger partial charge < -0.3 is 25.0 Å². The van der Waals surface area contributed by atoms with Crippen molar-refractivity contribution in [3.63, 3.8) is 0 Å². The number of nitrogens with zero attached hydrogens (tertiary/aromatic N) is 2. The van der Waals surface area contributed by atoms with Crippen LogP contribution in [-0.2, 0) is 4.74 Å². The molecule has 1 saturated heterocycles. The lowest BCUT2D eigenvalue weighted by Crippen LogP contribution is -2.49. The topological polar surface area (TPSA) is 75.2 Å². The Morgan fingerprint density at radius 2 is 1.90 bits per heavy atom. The van der Waals surface area contributed by atoms with Crippen molar-refractivity contribution in [3.05, 3.63) is 29.8 Å². The molecule has 1 amide bonds. The van der Waals surface area contributed by atoms with Gasteiger partial charge in [-0.05, 0) is 49.8 Å². The van der Waals surface area contributed by atoms with Gasteiger partial charge in [0.1, 0.15) is 5.75 Å². The van der Waals surface area contributed by atoms with Crippen molar-refractivity contribution in [1.29, 1.82) is 0 Å². The average Bonchev–Trinajstić information content (AvgIpc) is 2.73. The molecule has 8 heteroatoms. The molecule has 29 heavy (non-hydrogen) atoms. The first-order valence-electron chi connectivity index (χ1n) is 10.1. The minimum atomic E-state index is -0.244. The first-order chi connectivity index (χ1) is 13.6. The number of methoxy groups -OCH3 is 2. The number of likely N-dealkylation sites (tertiary alicyclic amines) is 1. The van der Waals surface area contributed by atoms with Gasteiger partial charge in [0, 0.05) is 32.2 Å². The number of nitrogens with one attached hydrogen (secondary N) is 2. The molecule has 0 aromatic heterocycles. The van der Waals surface area contributed by atoms with Gasteiger partial charge in [-0.15, -0.1) is 24.0 Å². The molecule has 164 valence electrons. The van der Waals surface area contributed by atoms with Gasteiger partial charge in [-0.25, -0.2) is 4.79 Å². The summed E-state index contributed by atoms with van der Waals surface area (Å²) >= 11 is 0. The highest BCUT2D eigenvalue weighted by Gasteiger charge is 2.23. The molecule has 0 radical (unpaired) electrons. The number of guanidine groups is 1. The smallest absolute Gasteiger partial charge is 0.409 e. The Bertz CT molecular complexity index is 631. The monoisotopic (exact) mass is 518 g/mol. The Balaban J connectivity index is 0.00000420. The second-order valence-electron chi connectivity index (χ2n) is 7.10. The van der Waals surface area contributed by atoms with Crippen molar-refractivity contribution in [3.8, 4) is 5.75 Å². The van der Waals surface area contributed by atoms with E-state index in [9.17, 15) is 4.79 Å². The van der Waals surface area contributed by atoms with Gasteiger partial charge in [0.05, 0.1) is 14.2 Å². The summed E-state index contributed by atoms with van der Waals surface area (Å²) in [5, 5.41) is 6.83. The second kappa shape index (κ2) is 13.5. The Morgan fingerprint density at radius 3 is 2.45 bits per heavy atom. The Kier molecular flexibility index (Phi) is 11.8. The van der Waals surface area contributed by atoms with Crippen LogP contribution in [0, 0.1) is 0 Å². The number of carbonyl (C=O) groups excluding carboxylic acids is 1. The first kappa shape index (κ1) is 25.3. The van der Waals surface area contributed by atoms with Gasteiger partial charge >= 0.3 is 6.09 Å². The fourth-order valence-corrected chi connectivity index (χ4v) is 3.32. The van der Waals surface area contributed by atoms with Crippen molar-refractivity contribution in [2.75, 3.05) is 40.4 Å². The van der Waals surface area contributed by atoms with Gasteiger partial charge in [0.15, 0.2) is 5.96 Å². The van der Waals surface area contributed by atoms with Crippen LogP contribution in [0.15, 0.2) is 29.3 Å². The minimum absolute atomic E-state index is 0. The quantitative estimate of drug-likeness (QED) is 0.328. The molecule has 1 heterocycles. The van der Waals surface area contributed by atoms with E-state index >= 15 is 0 Å². The maximum Gasteiger partial charge on any atom is 0.409 e. The number of rotatable bonds is 7. The molecule has 1 unspecified atom stereocenters. The number of ether oxygens (including phenoxy) is 2. The molecule has 0 spiro atoms. The number of benzene rings is 1. The number of halogens is 1. The average molecular weight is 518 g/mol. The molecule has 1 aliphatic rings. The third-order valence-electron chi connectivity index (χ3n) is 5.13. The van der Waals surface area contributed by atoms with Gasteiger partial charge in [-0.2, -0.15) is 0 Å². The van der Waals surface area contributed by atoms with E-state index in [4.69, 9.17) is 14.5 Å². The molecule has 1 aromatic rings. The van der Waals surface area contributed by atoms with E-state index in [2.05, 4.69) is 36.6 Å². The Hall–Kier alpha value is -1.71. The summed E-state index contributed by atoms with van der Waals surface area (Å²) in [7, 11) is 3.11. The van der Waals surface area contributed by atoms with E-state index in [1.165, 1.54) is 12.7 Å². The van der Waals surface area contributed by atoms with Crippen LogP contribution in [0.5, 0.6) is 5.75 Å². The first-order valence-corrected chi connectivity index (χ1v) is 10.1. The lowest BCUT2D eigenvalue weighted by molar-refractivity contribution is 0.111. The Labute approximate surface area is 191 Å². The molecule has 7 nitrogen and oxygen atoms in total. The van der Waals surface area contributed by atoms with Crippen LogP contribution in [0.1, 0.15) is 44.6 Å². The van der Waals surface area contributed by atoms with Crippen LogP contribution in [-0.4, -0.2) is 63.4 Å². The normalized spacial score (nSPS) is 15.9. The van der Waals surface area contributed by atoms with E-state index in [-0.39, 0.29) is 30.1 Å². The van der Waals surface area contributed by atoms with Crippen LogP contribution in [0.3, 0.4) is 0 Å². The summed E-state index contributed by atoms with van der Waals surface area (Å²) in [6.45, 7) is 7.28. The molecule has 2 rings (SSSR count). The van der Waals surface area contributed by atoms with E-state index in [1.54, 1.807) is 12.0 Å². The number of carbonyl (C=O) groups is 1. The Morgan fingerprint density at radius 1 is 1.24 bits per heavy atom. The zero-order chi connectivity index (χ0) is 20.4. The molecular weight excluding hydrogens is 483 g/mol. The van der Waals surface area contributed by atoms with E-state index in [0.29, 0.717) is 25.0 Å². The summed E-state index contributed by atoms with van der Waals surface area (Å²) in [6.07, 6.45) is 2.51. The van der Waals surface area contributed by atoms with Gasteiger partial charge in [0.2, 0.25) is 0 Å².